The van der Waals surface area contributed by atoms with E-state index < -0.39 is 16.2 Å². The number of anilines is 1. The molecule has 0 saturated carbocycles. The third kappa shape index (κ3) is 4.78. The standard InChI is InChI=1S/C26H26N6O5S/c1-4-37-22-15-8-12-18(28-22)25-30-24-26(32(25)23-19(35-2)13-9-14-20(23)36-3)29-21(16-27-24)31-38(33,34)17-10-6-5-7-11-17/h5-16,21,29,31H,4H2,1-3H3. The van der Waals surface area contributed by atoms with Crippen LogP contribution in [-0.2, 0) is 10.0 Å². The fraction of sp³-hybridized carbons (Fsp3) is 0.192. The van der Waals surface area contributed by atoms with Crippen molar-refractivity contribution in [2.75, 3.05) is 26.1 Å². The molecule has 4 aromatic rings. The number of fused-ring (bicyclic) bond motifs is 1. The van der Waals surface area contributed by atoms with Gasteiger partial charge in [-0.1, -0.05) is 30.3 Å². The van der Waals surface area contributed by atoms with Gasteiger partial charge in [0.2, 0.25) is 15.9 Å². The monoisotopic (exact) mass is 534 g/mol. The normalized spacial score (nSPS) is 14.4. The number of imidazole rings is 1. The molecule has 1 aliphatic rings. The minimum Gasteiger partial charge on any atom is -0.494 e. The number of nitrogens with one attached hydrogen (secondary N) is 2. The molecule has 2 N–H and O–H groups in total. The Morgan fingerprint density at radius 3 is 2.34 bits per heavy atom. The first-order valence-corrected chi connectivity index (χ1v) is 13.3. The highest BCUT2D eigenvalue weighted by Crippen LogP contribution is 2.42. The molecule has 1 unspecified atom stereocenters. The number of aliphatic imine (C=N–C) groups is 1. The number of pyridine rings is 1. The summed E-state index contributed by atoms with van der Waals surface area (Å²) in [6, 6.07) is 18.9. The van der Waals surface area contributed by atoms with Crippen molar-refractivity contribution >= 4 is 27.9 Å². The van der Waals surface area contributed by atoms with Crippen molar-refractivity contribution in [2.24, 2.45) is 4.99 Å². The van der Waals surface area contributed by atoms with Crippen molar-refractivity contribution < 1.29 is 22.6 Å². The van der Waals surface area contributed by atoms with E-state index in [1.807, 2.05) is 13.0 Å². The second kappa shape index (κ2) is 10.5. The second-order valence-corrected chi connectivity index (χ2v) is 9.80. The molecule has 1 aliphatic heterocycles. The number of hydrogen-bond acceptors (Lipinski definition) is 9. The molecule has 0 amide bonds. The van der Waals surface area contributed by atoms with E-state index in [1.165, 1.54) is 18.3 Å². The SMILES string of the molecule is CCOc1cccc(-c2nc3c(n2-c2c(OC)cccc2OC)NC(NS(=O)(=O)c2ccccc2)C=N3)n1. The Morgan fingerprint density at radius 1 is 0.947 bits per heavy atom. The van der Waals surface area contributed by atoms with E-state index in [4.69, 9.17) is 19.2 Å². The quantitative estimate of drug-likeness (QED) is 0.332. The molecule has 2 aromatic carbocycles. The van der Waals surface area contributed by atoms with Gasteiger partial charge in [-0.05, 0) is 37.3 Å². The smallest absolute Gasteiger partial charge is 0.242 e. The molecule has 1 atom stereocenters. The lowest BCUT2D eigenvalue weighted by atomic mass is 10.2. The van der Waals surface area contributed by atoms with Crippen LogP contribution in [0.15, 0.2) is 76.6 Å². The largest absolute Gasteiger partial charge is 0.494 e. The van der Waals surface area contributed by atoms with E-state index in [2.05, 4.69) is 20.0 Å². The van der Waals surface area contributed by atoms with Gasteiger partial charge in [0.1, 0.15) is 29.0 Å². The van der Waals surface area contributed by atoms with Crippen molar-refractivity contribution in [1.29, 1.82) is 0 Å². The molecule has 0 fully saturated rings. The Hall–Kier alpha value is -4.42. The first-order valence-electron chi connectivity index (χ1n) is 11.8. The summed E-state index contributed by atoms with van der Waals surface area (Å²) in [5.74, 6) is 2.64. The van der Waals surface area contributed by atoms with Crippen LogP contribution in [0.2, 0.25) is 0 Å². The van der Waals surface area contributed by atoms with E-state index in [0.29, 0.717) is 52.8 Å². The first-order chi connectivity index (χ1) is 18.4. The predicted molar refractivity (Wildman–Crippen MR) is 143 cm³/mol. The Morgan fingerprint density at radius 2 is 1.66 bits per heavy atom. The lowest BCUT2D eigenvalue weighted by Gasteiger charge is -2.23. The summed E-state index contributed by atoms with van der Waals surface area (Å²) in [7, 11) is -0.728. The Labute approximate surface area is 220 Å². The van der Waals surface area contributed by atoms with Crippen molar-refractivity contribution in [3.05, 3.63) is 66.7 Å². The summed E-state index contributed by atoms with van der Waals surface area (Å²) >= 11 is 0. The zero-order valence-corrected chi connectivity index (χ0v) is 21.8. The molecule has 0 radical (unpaired) electrons. The molecular formula is C26H26N6O5S. The number of nitrogens with zero attached hydrogens (tertiary/aromatic N) is 4. The van der Waals surface area contributed by atoms with Gasteiger partial charge in [-0.2, -0.15) is 4.72 Å². The molecule has 3 heterocycles. The molecular weight excluding hydrogens is 508 g/mol. The van der Waals surface area contributed by atoms with Crippen molar-refractivity contribution in [1.82, 2.24) is 19.3 Å². The highest BCUT2D eigenvalue weighted by atomic mass is 32.2. The molecule has 196 valence electrons. The van der Waals surface area contributed by atoms with Gasteiger partial charge >= 0.3 is 0 Å². The van der Waals surface area contributed by atoms with Gasteiger partial charge in [0, 0.05) is 12.3 Å². The Bertz CT molecular complexity index is 1560. The summed E-state index contributed by atoms with van der Waals surface area (Å²) in [4.78, 5) is 14.0. The fourth-order valence-electron chi connectivity index (χ4n) is 4.06. The maximum atomic E-state index is 13.0. The number of hydrogen-bond donors (Lipinski definition) is 2. The van der Waals surface area contributed by atoms with E-state index in [0.717, 1.165) is 0 Å². The highest BCUT2D eigenvalue weighted by molar-refractivity contribution is 7.89. The van der Waals surface area contributed by atoms with Gasteiger partial charge in [-0.15, -0.1) is 0 Å². The average Bonchev–Trinajstić information content (AvgIpc) is 3.31. The van der Waals surface area contributed by atoms with Gasteiger partial charge in [0.15, 0.2) is 17.5 Å². The zero-order chi connectivity index (χ0) is 26.7. The minimum atomic E-state index is -3.83. The topological polar surface area (TPSA) is 129 Å². The van der Waals surface area contributed by atoms with Gasteiger partial charge in [0.25, 0.3) is 0 Å². The van der Waals surface area contributed by atoms with E-state index in [-0.39, 0.29) is 4.90 Å². The number of aromatic nitrogens is 3. The van der Waals surface area contributed by atoms with Crippen LogP contribution < -0.4 is 24.2 Å². The van der Waals surface area contributed by atoms with Gasteiger partial charge in [-0.3, -0.25) is 4.57 Å². The summed E-state index contributed by atoms with van der Waals surface area (Å²) in [6.07, 6.45) is 0.590. The summed E-state index contributed by atoms with van der Waals surface area (Å²) in [6.45, 7) is 2.33. The third-order valence-corrected chi connectivity index (χ3v) is 7.16. The highest BCUT2D eigenvalue weighted by Gasteiger charge is 2.30. The van der Waals surface area contributed by atoms with Crippen molar-refractivity contribution in [3.63, 3.8) is 0 Å². The molecule has 11 nitrogen and oxygen atoms in total. The average molecular weight is 535 g/mol. The van der Waals surface area contributed by atoms with Crippen molar-refractivity contribution in [2.45, 2.75) is 18.0 Å². The lowest BCUT2D eigenvalue weighted by molar-refractivity contribution is 0.327. The van der Waals surface area contributed by atoms with Gasteiger partial charge in [0.05, 0.1) is 25.7 Å². The van der Waals surface area contributed by atoms with Crippen LogP contribution in [0.1, 0.15) is 6.92 Å². The van der Waals surface area contributed by atoms with Crippen molar-refractivity contribution in [3.8, 4) is 34.6 Å². The molecule has 5 rings (SSSR count). The molecule has 12 heteroatoms. The van der Waals surface area contributed by atoms with Crippen LogP contribution in [0.4, 0.5) is 11.6 Å². The van der Waals surface area contributed by atoms with Crippen LogP contribution in [-0.4, -0.2) is 56.2 Å². The minimum absolute atomic E-state index is 0.138. The predicted octanol–water partition coefficient (Wildman–Crippen LogP) is 3.78. The second-order valence-electron chi connectivity index (χ2n) is 8.08. The Balaban J connectivity index is 1.64. The maximum absolute atomic E-state index is 13.0. The van der Waals surface area contributed by atoms with Gasteiger partial charge < -0.3 is 19.5 Å². The maximum Gasteiger partial charge on any atom is 0.242 e. The molecule has 0 spiro atoms. The zero-order valence-electron chi connectivity index (χ0n) is 21.0. The van der Waals surface area contributed by atoms with Crippen LogP contribution >= 0.6 is 0 Å². The lowest BCUT2D eigenvalue weighted by Crippen LogP contribution is -2.43. The number of ether oxygens (including phenoxy) is 3. The number of benzene rings is 2. The third-order valence-electron chi connectivity index (χ3n) is 5.70. The van der Waals surface area contributed by atoms with E-state index in [9.17, 15) is 8.42 Å². The van der Waals surface area contributed by atoms with Crippen LogP contribution in [0, 0.1) is 0 Å². The number of rotatable bonds is 9. The van der Waals surface area contributed by atoms with Crippen LogP contribution in [0.3, 0.4) is 0 Å². The molecule has 0 aliphatic carbocycles. The molecule has 2 aromatic heterocycles. The number of para-hydroxylation sites is 1. The van der Waals surface area contributed by atoms with Gasteiger partial charge in [-0.25, -0.2) is 23.4 Å². The Kier molecular flexibility index (Phi) is 6.99. The van der Waals surface area contributed by atoms with E-state index >= 15 is 0 Å². The molecule has 38 heavy (non-hydrogen) atoms. The van der Waals surface area contributed by atoms with Crippen LogP contribution in [0.5, 0.6) is 17.4 Å². The molecule has 0 bridgehead atoms. The number of methoxy groups -OCH3 is 2. The summed E-state index contributed by atoms with van der Waals surface area (Å²) < 4.78 is 47.3. The van der Waals surface area contributed by atoms with Crippen LogP contribution in [0.25, 0.3) is 17.2 Å². The first kappa shape index (κ1) is 25.2. The summed E-state index contributed by atoms with van der Waals surface area (Å²) in [5, 5.41) is 3.21. The molecule has 0 saturated heterocycles. The summed E-state index contributed by atoms with van der Waals surface area (Å²) in [5.41, 5.74) is 1.05. The number of sulfonamides is 1. The van der Waals surface area contributed by atoms with E-state index in [1.54, 1.807) is 67.3 Å². The fourth-order valence-corrected chi connectivity index (χ4v) is 5.17.